The number of carbonyl (C=O) groups excluding carboxylic acids is 1. The first-order valence-corrected chi connectivity index (χ1v) is 10.7. The predicted octanol–water partition coefficient (Wildman–Crippen LogP) is 4.20. The van der Waals surface area contributed by atoms with Crippen LogP contribution in [-0.2, 0) is 14.3 Å². The van der Waals surface area contributed by atoms with E-state index in [1.54, 1.807) is 24.5 Å². The number of fused-ring (bicyclic) bond motifs is 1. The van der Waals surface area contributed by atoms with E-state index in [2.05, 4.69) is 4.98 Å². The van der Waals surface area contributed by atoms with Gasteiger partial charge in [-0.1, -0.05) is 6.07 Å². The van der Waals surface area contributed by atoms with Gasteiger partial charge in [-0.15, -0.1) is 0 Å². The number of aryl methyl sites for hydroxylation is 1. The summed E-state index contributed by atoms with van der Waals surface area (Å²) in [6, 6.07) is 6.50. The summed E-state index contributed by atoms with van der Waals surface area (Å²) in [7, 11) is 1.54. The van der Waals surface area contributed by atoms with Crippen LogP contribution in [0, 0.1) is 24.4 Å². The Labute approximate surface area is 198 Å². The molecular formula is C25H20F3N3O4. The molecular weight excluding hydrogens is 463 g/mol. The summed E-state index contributed by atoms with van der Waals surface area (Å²) in [6.07, 6.45) is 6.32. The third-order valence-electron chi connectivity index (χ3n) is 5.74. The largest absolute Gasteiger partial charge is 0.497 e. The van der Waals surface area contributed by atoms with Crippen LogP contribution >= 0.6 is 0 Å². The van der Waals surface area contributed by atoms with Gasteiger partial charge in [0.1, 0.15) is 31.3 Å². The van der Waals surface area contributed by atoms with Gasteiger partial charge >= 0.3 is 0 Å². The molecule has 35 heavy (non-hydrogen) atoms. The summed E-state index contributed by atoms with van der Waals surface area (Å²) in [6.45, 7) is 2.12. The molecule has 0 saturated carbocycles. The molecule has 2 aliphatic heterocycles. The number of benzene rings is 2. The molecule has 0 spiro atoms. The lowest BCUT2D eigenvalue weighted by Crippen LogP contribution is -2.51. The first kappa shape index (κ1) is 22.6. The summed E-state index contributed by atoms with van der Waals surface area (Å²) in [5, 5.41) is 0. The van der Waals surface area contributed by atoms with Crippen molar-refractivity contribution in [3.8, 4) is 11.4 Å². The van der Waals surface area contributed by atoms with Crippen LogP contribution in [0.1, 0.15) is 16.8 Å². The number of nitrogens with zero attached hydrogens (tertiary/aromatic N) is 3. The first-order chi connectivity index (χ1) is 16.9. The van der Waals surface area contributed by atoms with E-state index in [1.165, 1.54) is 18.3 Å². The second-order valence-electron chi connectivity index (χ2n) is 8.09. The van der Waals surface area contributed by atoms with Gasteiger partial charge in [-0.05, 0) is 42.8 Å². The fourth-order valence-corrected chi connectivity index (χ4v) is 4.05. The normalized spacial score (nSPS) is 18.6. The van der Waals surface area contributed by atoms with Crippen molar-refractivity contribution in [3.63, 3.8) is 0 Å². The zero-order chi connectivity index (χ0) is 24.7. The molecule has 2 aromatic carbocycles. The Kier molecular flexibility index (Phi) is 5.72. The van der Waals surface area contributed by atoms with Crippen molar-refractivity contribution in [2.75, 3.05) is 20.3 Å². The van der Waals surface area contributed by atoms with Crippen molar-refractivity contribution in [1.82, 2.24) is 14.5 Å². The van der Waals surface area contributed by atoms with Crippen molar-refractivity contribution >= 4 is 17.7 Å². The van der Waals surface area contributed by atoms with E-state index in [0.717, 1.165) is 23.5 Å². The average molecular weight is 483 g/mol. The summed E-state index contributed by atoms with van der Waals surface area (Å²) < 4.78 is 59.6. The summed E-state index contributed by atoms with van der Waals surface area (Å²) in [4.78, 5) is 18.9. The van der Waals surface area contributed by atoms with Crippen molar-refractivity contribution in [1.29, 1.82) is 0 Å². The summed E-state index contributed by atoms with van der Waals surface area (Å²) in [5.74, 6) is -4.24. The highest BCUT2D eigenvalue weighted by atomic mass is 19.2. The minimum absolute atomic E-state index is 0.0256. The molecule has 1 fully saturated rings. The van der Waals surface area contributed by atoms with Crippen LogP contribution in [-0.4, -0.2) is 46.7 Å². The summed E-state index contributed by atoms with van der Waals surface area (Å²) >= 11 is 0. The smallest absolute Gasteiger partial charge is 0.293 e. The number of hydrogen-bond acceptors (Lipinski definition) is 5. The van der Waals surface area contributed by atoms with Crippen LogP contribution < -0.4 is 4.74 Å². The van der Waals surface area contributed by atoms with E-state index < -0.39 is 29.4 Å². The van der Waals surface area contributed by atoms with Crippen molar-refractivity contribution < 1.29 is 32.2 Å². The second kappa shape index (κ2) is 8.86. The number of halogens is 3. The molecule has 10 heteroatoms. The predicted molar refractivity (Wildman–Crippen MR) is 120 cm³/mol. The lowest BCUT2D eigenvalue weighted by Gasteiger charge is -2.40. The molecule has 1 atom stereocenters. The Balaban J connectivity index is 1.48. The molecule has 3 heterocycles. The van der Waals surface area contributed by atoms with Gasteiger partial charge in [0.05, 0.1) is 30.5 Å². The van der Waals surface area contributed by atoms with E-state index in [1.807, 2.05) is 23.8 Å². The van der Waals surface area contributed by atoms with Gasteiger partial charge in [0.25, 0.3) is 5.91 Å². The number of carbonyl (C=O) groups is 1. The number of ether oxygens (including phenoxy) is 3. The van der Waals surface area contributed by atoms with Gasteiger partial charge in [-0.2, -0.15) is 0 Å². The Hall–Kier alpha value is -4.21. The Morgan fingerprint density at radius 2 is 1.91 bits per heavy atom. The lowest BCUT2D eigenvalue weighted by atomic mass is 10.1. The number of hydrogen-bond donors (Lipinski definition) is 0. The summed E-state index contributed by atoms with van der Waals surface area (Å²) in [5.41, 5.74) is 2.35. The van der Waals surface area contributed by atoms with Crippen LogP contribution in [0.2, 0.25) is 0 Å². The number of rotatable bonds is 4. The fraction of sp³-hybridized carbons (Fsp3) is 0.200. The van der Waals surface area contributed by atoms with Gasteiger partial charge in [0.15, 0.2) is 23.2 Å². The molecule has 0 radical (unpaired) electrons. The monoisotopic (exact) mass is 483 g/mol. The first-order valence-electron chi connectivity index (χ1n) is 10.7. The van der Waals surface area contributed by atoms with Crippen LogP contribution in [0.3, 0.4) is 0 Å². The minimum Gasteiger partial charge on any atom is -0.497 e. The topological polar surface area (TPSA) is 65.8 Å². The third kappa shape index (κ3) is 4.11. The van der Waals surface area contributed by atoms with E-state index in [-0.39, 0.29) is 30.2 Å². The minimum atomic E-state index is -1.58. The van der Waals surface area contributed by atoms with Gasteiger partial charge in [-0.25, -0.2) is 18.2 Å². The average Bonchev–Trinajstić information content (AvgIpc) is 3.29. The van der Waals surface area contributed by atoms with Crippen LogP contribution in [0.4, 0.5) is 13.2 Å². The molecule has 1 aromatic heterocycles. The maximum Gasteiger partial charge on any atom is 0.293 e. The molecule has 0 bridgehead atoms. The molecule has 2 aliphatic rings. The fourth-order valence-electron chi connectivity index (χ4n) is 4.05. The number of amides is 1. The highest BCUT2D eigenvalue weighted by molar-refractivity contribution is 6.01. The van der Waals surface area contributed by atoms with Gasteiger partial charge in [0.2, 0.25) is 0 Å². The van der Waals surface area contributed by atoms with Crippen molar-refractivity contribution in [2.24, 2.45) is 0 Å². The molecule has 7 nitrogen and oxygen atoms in total. The van der Waals surface area contributed by atoms with E-state index >= 15 is 0 Å². The molecule has 5 rings (SSSR count). The van der Waals surface area contributed by atoms with Gasteiger partial charge < -0.3 is 18.8 Å². The Morgan fingerprint density at radius 3 is 2.60 bits per heavy atom. The molecule has 3 aromatic rings. The van der Waals surface area contributed by atoms with Crippen LogP contribution in [0.5, 0.6) is 5.75 Å². The maximum absolute atomic E-state index is 13.9. The van der Waals surface area contributed by atoms with E-state index in [4.69, 9.17) is 14.2 Å². The van der Waals surface area contributed by atoms with E-state index in [0.29, 0.717) is 11.3 Å². The Morgan fingerprint density at radius 1 is 1.14 bits per heavy atom. The van der Waals surface area contributed by atoms with Crippen LogP contribution in [0.25, 0.3) is 17.5 Å². The standard InChI is InChI=1S/C25H20F3N3O4/c1-14-9-30(13-29-14)20-4-3-15(5-22(20)33-2)6-23-25(32)31-17(11-35-23)10-34-12-21(31)16-7-18(26)24(28)19(27)8-16/h3-9,12-13,17H,10-11H2,1-2H3. The number of methoxy groups -OCH3 is 1. The molecule has 1 saturated heterocycles. The van der Waals surface area contributed by atoms with E-state index in [9.17, 15) is 18.0 Å². The van der Waals surface area contributed by atoms with Gasteiger partial charge in [0, 0.05) is 11.8 Å². The van der Waals surface area contributed by atoms with Crippen molar-refractivity contribution in [3.05, 3.63) is 89.1 Å². The zero-order valence-electron chi connectivity index (χ0n) is 18.8. The number of morpholine rings is 1. The molecule has 1 unspecified atom stereocenters. The Bertz CT molecular complexity index is 1360. The highest BCUT2D eigenvalue weighted by Gasteiger charge is 2.39. The molecule has 1 amide bonds. The molecule has 0 aliphatic carbocycles. The zero-order valence-corrected chi connectivity index (χ0v) is 18.8. The van der Waals surface area contributed by atoms with Crippen LogP contribution in [0.15, 0.2) is 54.9 Å². The maximum atomic E-state index is 13.9. The third-order valence-corrected chi connectivity index (χ3v) is 5.74. The lowest BCUT2D eigenvalue weighted by molar-refractivity contribution is -0.137. The highest BCUT2D eigenvalue weighted by Crippen LogP contribution is 2.33. The molecule has 0 N–H and O–H groups in total. The number of aromatic nitrogens is 2. The SMILES string of the molecule is COc1cc(C=C2OCC3COC=C(c4cc(F)c(F)c(F)c4)N3C2=O)ccc1-n1cnc(C)c1. The van der Waals surface area contributed by atoms with Gasteiger partial charge in [-0.3, -0.25) is 9.69 Å². The number of imidazole rings is 1. The quantitative estimate of drug-likeness (QED) is 0.411. The van der Waals surface area contributed by atoms with Crippen molar-refractivity contribution in [2.45, 2.75) is 13.0 Å². The molecule has 180 valence electrons. The second-order valence-corrected chi connectivity index (χ2v) is 8.09.